The first kappa shape index (κ1) is 26.2. The highest BCUT2D eigenvalue weighted by Crippen LogP contribution is 2.16. The molecule has 0 radical (unpaired) electrons. The van der Waals surface area contributed by atoms with Gasteiger partial charge in [0.25, 0.3) is 0 Å². The van der Waals surface area contributed by atoms with E-state index >= 15 is 0 Å². The van der Waals surface area contributed by atoms with E-state index in [1.165, 1.54) is 38.5 Å². The fraction of sp³-hybridized carbons (Fsp3) is 0.692. The number of unbranched alkanes of at least 4 members (excludes halogenated alkanes) is 8. The molecule has 0 aliphatic heterocycles. The van der Waals surface area contributed by atoms with Gasteiger partial charge in [0, 0.05) is 12.8 Å². The topological polar surface area (TPSA) is 52.6 Å². The summed E-state index contributed by atoms with van der Waals surface area (Å²) in [5.74, 6) is 0.352. The van der Waals surface area contributed by atoms with Crippen LogP contribution < -0.4 is 4.74 Å². The van der Waals surface area contributed by atoms with Crippen molar-refractivity contribution in [3.63, 3.8) is 0 Å². The summed E-state index contributed by atoms with van der Waals surface area (Å²) in [6.45, 7) is 6.32. The summed E-state index contributed by atoms with van der Waals surface area (Å²) in [6.07, 6.45) is 13.8. The quantitative estimate of drug-likeness (QED) is 0.153. The zero-order chi connectivity index (χ0) is 22.0. The summed E-state index contributed by atoms with van der Waals surface area (Å²) in [5.41, 5.74) is 1.15. The van der Waals surface area contributed by atoms with E-state index in [9.17, 15) is 9.59 Å². The summed E-state index contributed by atoms with van der Waals surface area (Å²) in [7, 11) is 0. The van der Waals surface area contributed by atoms with Crippen LogP contribution in [0, 0.1) is 0 Å². The van der Waals surface area contributed by atoms with Crippen LogP contribution >= 0.6 is 0 Å². The first-order chi connectivity index (χ1) is 14.5. The Balaban J connectivity index is 2.20. The number of rotatable bonds is 17. The van der Waals surface area contributed by atoms with Crippen molar-refractivity contribution in [3.05, 3.63) is 29.8 Å². The largest absolute Gasteiger partial charge is 0.463 e. The van der Waals surface area contributed by atoms with Crippen LogP contribution in [-0.4, -0.2) is 18.0 Å². The van der Waals surface area contributed by atoms with Crippen LogP contribution in [0.3, 0.4) is 0 Å². The Morgan fingerprint density at radius 3 is 1.87 bits per heavy atom. The molecule has 0 N–H and O–H groups in total. The molecule has 0 amide bonds. The number of benzene rings is 1. The van der Waals surface area contributed by atoms with E-state index in [1.807, 2.05) is 31.2 Å². The molecule has 0 heterocycles. The molecule has 0 aliphatic carbocycles. The lowest BCUT2D eigenvalue weighted by Crippen LogP contribution is -2.15. The van der Waals surface area contributed by atoms with Gasteiger partial charge in [-0.3, -0.25) is 9.59 Å². The van der Waals surface area contributed by atoms with Crippen LogP contribution in [-0.2, 0) is 20.7 Å². The van der Waals surface area contributed by atoms with Gasteiger partial charge in [-0.15, -0.1) is 0 Å². The van der Waals surface area contributed by atoms with Gasteiger partial charge in [-0.2, -0.15) is 0 Å². The van der Waals surface area contributed by atoms with Crippen molar-refractivity contribution in [1.82, 2.24) is 0 Å². The maximum absolute atomic E-state index is 11.9. The van der Waals surface area contributed by atoms with E-state index in [4.69, 9.17) is 9.47 Å². The van der Waals surface area contributed by atoms with Crippen molar-refractivity contribution < 1.29 is 19.1 Å². The van der Waals surface area contributed by atoms with E-state index in [0.717, 1.165) is 44.1 Å². The maximum atomic E-state index is 11.9. The molecule has 4 heteroatoms. The van der Waals surface area contributed by atoms with Gasteiger partial charge in [0.15, 0.2) is 0 Å². The van der Waals surface area contributed by atoms with Crippen LogP contribution in [0.2, 0.25) is 0 Å². The van der Waals surface area contributed by atoms with Gasteiger partial charge >= 0.3 is 11.9 Å². The number of carbonyl (C=O) groups excluding carboxylic acids is 2. The highest BCUT2D eigenvalue weighted by atomic mass is 16.5. The van der Waals surface area contributed by atoms with Crippen LogP contribution in [0.15, 0.2) is 24.3 Å². The zero-order valence-corrected chi connectivity index (χ0v) is 19.4. The lowest BCUT2D eigenvalue weighted by molar-refractivity contribution is -0.148. The monoisotopic (exact) mass is 418 g/mol. The Labute approximate surface area is 183 Å². The number of hydrogen-bond donors (Lipinski definition) is 0. The van der Waals surface area contributed by atoms with E-state index in [2.05, 4.69) is 13.8 Å². The molecule has 170 valence electrons. The molecule has 4 nitrogen and oxygen atoms in total. The molecule has 0 aliphatic rings. The van der Waals surface area contributed by atoms with Gasteiger partial charge in [-0.1, -0.05) is 77.3 Å². The van der Waals surface area contributed by atoms with Crippen molar-refractivity contribution in [1.29, 1.82) is 0 Å². The number of carbonyl (C=O) groups is 2. The van der Waals surface area contributed by atoms with Gasteiger partial charge < -0.3 is 9.47 Å². The second-order valence-corrected chi connectivity index (χ2v) is 8.29. The summed E-state index contributed by atoms with van der Waals surface area (Å²) in [6, 6.07) is 7.65. The second-order valence-electron chi connectivity index (χ2n) is 8.29. The van der Waals surface area contributed by atoms with Gasteiger partial charge in [0.1, 0.15) is 5.75 Å². The highest BCUT2D eigenvalue weighted by Gasteiger charge is 2.10. The molecule has 0 spiro atoms. The third kappa shape index (κ3) is 13.4. The maximum Gasteiger partial charge on any atom is 0.311 e. The van der Waals surface area contributed by atoms with Crippen LogP contribution in [0.1, 0.15) is 110 Å². The Morgan fingerprint density at radius 1 is 0.767 bits per heavy atom. The van der Waals surface area contributed by atoms with Crippen LogP contribution in [0.5, 0.6) is 5.75 Å². The number of ether oxygens (including phenoxy) is 2. The molecule has 0 saturated heterocycles. The minimum Gasteiger partial charge on any atom is -0.463 e. The minimum atomic E-state index is -0.158. The molecule has 0 bridgehead atoms. The molecule has 0 saturated carbocycles. The fourth-order valence-corrected chi connectivity index (χ4v) is 3.36. The molecule has 0 fully saturated rings. The van der Waals surface area contributed by atoms with Crippen molar-refractivity contribution in [2.75, 3.05) is 0 Å². The molecule has 1 aromatic rings. The fourth-order valence-electron chi connectivity index (χ4n) is 3.36. The molecule has 1 rings (SSSR count). The average molecular weight is 419 g/mol. The highest BCUT2D eigenvalue weighted by molar-refractivity contribution is 5.72. The van der Waals surface area contributed by atoms with E-state index in [1.54, 1.807) is 0 Å². The molecule has 1 atom stereocenters. The SMILES string of the molecule is CCCCCCCC(=O)Oc1ccc(CCC(C)OC(=O)CCCCCCC)cc1. The Hall–Kier alpha value is -1.84. The molecule has 30 heavy (non-hydrogen) atoms. The second kappa shape index (κ2) is 16.9. The smallest absolute Gasteiger partial charge is 0.311 e. The summed E-state index contributed by atoms with van der Waals surface area (Å²) >= 11 is 0. The van der Waals surface area contributed by atoms with Gasteiger partial charge in [-0.05, 0) is 50.3 Å². The van der Waals surface area contributed by atoms with Crippen molar-refractivity contribution in [3.8, 4) is 5.75 Å². The number of esters is 2. The Bertz CT molecular complexity index is 579. The van der Waals surface area contributed by atoms with Crippen molar-refractivity contribution >= 4 is 11.9 Å². The summed E-state index contributed by atoms with van der Waals surface area (Å²) < 4.78 is 10.9. The third-order valence-corrected chi connectivity index (χ3v) is 5.30. The number of aryl methyl sites for hydroxylation is 1. The normalized spacial score (nSPS) is 11.8. The first-order valence-corrected chi connectivity index (χ1v) is 12.0. The summed E-state index contributed by atoms with van der Waals surface area (Å²) in [5, 5.41) is 0. The molecule has 0 aromatic heterocycles. The van der Waals surface area contributed by atoms with E-state index in [0.29, 0.717) is 18.6 Å². The molecular weight excluding hydrogens is 376 g/mol. The van der Waals surface area contributed by atoms with Crippen molar-refractivity contribution in [2.45, 2.75) is 117 Å². The lowest BCUT2D eigenvalue weighted by Gasteiger charge is -2.13. The molecule has 1 aromatic carbocycles. The number of hydrogen-bond acceptors (Lipinski definition) is 4. The average Bonchev–Trinajstić information content (AvgIpc) is 2.73. The minimum absolute atomic E-state index is 0.0849. The molecule has 1 unspecified atom stereocenters. The Morgan fingerprint density at radius 2 is 1.30 bits per heavy atom. The Kier molecular flexibility index (Phi) is 14.8. The van der Waals surface area contributed by atoms with Gasteiger partial charge in [-0.25, -0.2) is 0 Å². The van der Waals surface area contributed by atoms with E-state index < -0.39 is 0 Å². The third-order valence-electron chi connectivity index (χ3n) is 5.30. The van der Waals surface area contributed by atoms with Gasteiger partial charge in [0.2, 0.25) is 0 Å². The van der Waals surface area contributed by atoms with Crippen molar-refractivity contribution in [2.24, 2.45) is 0 Å². The van der Waals surface area contributed by atoms with Crippen LogP contribution in [0.4, 0.5) is 0 Å². The predicted octanol–water partition coefficient (Wildman–Crippen LogP) is 7.18. The zero-order valence-electron chi connectivity index (χ0n) is 19.4. The standard InChI is InChI=1S/C26H42O4/c1-4-6-8-10-12-14-25(27)29-22(3)16-17-23-18-20-24(21-19-23)30-26(28)15-13-11-9-7-5-2/h18-22H,4-17H2,1-3H3. The lowest BCUT2D eigenvalue weighted by atomic mass is 10.1. The molecular formula is C26H42O4. The predicted molar refractivity (Wildman–Crippen MR) is 123 cm³/mol. The van der Waals surface area contributed by atoms with Gasteiger partial charge in [0.05, 0.1) is 6.10 Å². The van der Waals surface area contributed by atoms with Crippen LogP contribution in [0.25, 0.3) is 0 Å². The summed E-state index contributed by atoms with van der Waals surface area (Å²) in [4.78, 5) is 23.8. The first-order valence-electron chi connectivity index (χ1n) is 12.0. The van der Waals surface area contributed by atoms with E-state index in [-0.39, 0.29) is 18.0 Å².